The van der Waals surface area contributed by atoms with E-state index in [4.69, 9.17) is 11.6 Å². The summed E-state index contributed by atoms with van der Waals surface area (Å²) >= 11 is 5.94. The fraction of sp³-hybridized carbons (Fsp3) is 0.571. The fourth-order valence-corrected chi connectivity index (χ4v) is 2.82. The predicted molar refractivity (Wildman–Crippen MR) is 81.3 cm³/mol. The van der Waals surface area contributed by atoms with E-state index in [-0.39, 0.29) is 0 Å². The van der Waals surface area contributed by atoms with E-state index in [1.807, 2.05) is 12.1 Å². The second-order valence-corrected chi connectivity index (χ2v) is 6.02. The van der Waals surface area contributed by atoms with Crippen molar-refractivity contribution >= 4 is 23.2 Å². The molecule has 2 aromatic heterocycles. The van der Waals surface area contributed by atoms with E-state index in [9.17, 15) is 0 Å². The molecule has 1 N–H and O–H groups in total. The highest BCUT2D eigenvalue weighted by Gasteiger charge is 2.14. The summed E-state index contributed by atoms with van der Waals surface area (Å²) in [5.41, 5.74) is 0.809. The monoisotopic (exact) mass is 293 g/mol. The van der Waals surface area contributed by atoms with Crippen LogP contribution < -0.4 is 5.32 Å². The number of fused-ring (bicyclic) bond motifs is 1. The van der Waals surface area contributed by atoms with E-state index >= 15 is 0 Å². The van der Waals surface area contributed by atoms with Crippen molar-refractivity contribution in [3.8, 4) is 0 Å². The molecule has 0 saturated carbocycles. The minimum atomic E-state index is 0.586. The van der Waals surface area contributed by atoms with Crippen molar-refractivity contribution in [2.45, 2.75) is 19.8 Å². The van der Waals surface area contributed by atoms with Crippen LogP contribution in [0.25, 0.3) is 5.65 Å². The molecule has 5 nitrogen and oxygen atoms in total. The van der Waals surface area contributed by atoms with Gasteiger partial charge in [0, 0.05) is 19.3 Å². The summed E-state index contributed by atoms with van der Waals surface area (Å²) in [6.07, 6.45) is 4.45. The van der Waals surface area contributed by atoms with Crippen LogP contribution in [0.1, 0.15) is 19.8 Å². The van der Waals surface area contributed by atoms with Gasteiger partial charge in [-0.2, -0.15) is 4.98 Å². The Bertz CT molecular complexity index is 576. The third kappa shape index (κ3) is 3.22. The smallest absolute Gasteiger partial charge is 0.243 e. The number of hydrogen-bond donors (Lipinski definition) is 1. The van der Waals surface area contributed by atoms with Crippen molar-refractivity contribution < 1.29 is 0 Å². The van der Waals surface area contributed by atoms with Gasteiger partial charge in [-0.3, -0.25) is 0 Å². The molecule has 3 rings (SSSR count). The number of aromatic nitrogens is 3. The molecule has 0 aliphatic carbocycles. The first kappa shape index (κ1) is 13.6. The van der Waals surface area contributed by atoms with Gasteiger partial charge in [-0.25, -0.2) is 4.52 Å². The largest absolute Gasteiger partial charge is 0.353 e. The molecule has 0 bridgehead atoms. The maximum Gasteiger partial charge on any atom is 0.243 e. The van der Waals surface area contributed by atoms with Crippen LogP contribution in [-0.2, 0) is 0 Å². The van der Waals surface area contributed by atoms with Gasteiger partial charge in [-0.05, 0) is 44.0 Å². The standard InChI is InChI=1S/C14H20ClN5/c1-11(9-19-6-2-3-7-19)8-16-14-17-13-5-4-12(15)10-20(13)18-14/h4-5,10-11H,2-3,6-9H2,1H3,(H,16,18). The van der Waals surface area contributed by atoms with Gasteiger partial charge in [0.05, 0.1) is 5.02 Å². The summed E-state index contributed by atoms with van der Waals surface area (Å²) in [7, 11) is 0. The minimum absolute atomic E-state index is 0.586. The van der Waals surface area contributed by atoms with Crippen LogP contribution in [0.4, 0.5) is 5.95 Å². The van der Waals surface area contributed by atoms with Gasteiger partial charge in [0.2, 0.25) is 5.95 Å². The molecule has 3 heterocycles. The molecule has 0 aromatic carbocycles. The van der Waals surface area contributed by atoms with Gasteiger partial charge in [0.1, 0.15) is 0 Å². The second-order valence-electron chi connectivity index (χ2n) is 5.58. The third-order valence-corrected chi connectivity index (χ3v) is 3.90. The molecule has 1 saturated heterocycles. The molecule has 108 valence electrons. The summed E-state index contributed by atoms with van der Waals surface area (Å²) < 4.78 is 1.70. The molecule has 0 radical (unpaired) electrons. The number of nitrogens with one attached hydrogen (secondary N) is 1. The Balaban J connectivity index is 1.56. The molecule has 1 atom stereocenters. The Morgan fingerprint density at radius 1 is 1.35 bits per heavy atom. The van der Waals surface area contributed by atoms with Gasteiger partial charge in [-0.15, -0.1) is 5.10 Å². The van der Waals surface area contributed by atoms with E-state index in [1.54, 1.807) is 10.7 Å². The predicted octanol–water partition coefficient (Wildman–Crippen LogP) is 2.53. The zero-order chi connectivity index (χ0) is 13.9. The van der Waals surface area contributed by atoms with Gasteiger partial charge < -0.3 is 10.2 Å². The van der Waals surface area contributed by atoms with Crippen LogP contribution in [0.2, 0.25) is 5.02 Å². The SMILES string of the molecule is CC(CNc1nc2ccc(Cl)cn2n1)CN1CCCC1. The molecule has 1 fully saturated rings. The molecule has 2 aromatic rings. The molecule has 1 aliphatic rings. The van der Waals surface area contributed by atoms with Crippen molar-refractivity contribution in [3.05, 3.63) is 23.4 Å². The summed E-state index contributed by atoms with van der Waals surface area (Å²) in [5.74, 6) is 1.25. The lowest BCUT2D eigenvalue weighted by molar-refractivity contribution is 0.294. The molecule has 0 amide bonds. The van der Waals surface area contributed by atoms with E-state index < -0.39 is 0 Å². The van der Waals surface area contributed by atoms with Gasteiger partial charge in [-0.1, -0.05) is 18.5 Å². The van der Waals surface area contributed by atoms with Crippen molar-refractivity contribution in [2.24, 2.45) is 5.92 Å². The van der Waals surface area contributed by atoms with Crippen LogP contribution >= 0.6 is 11.6 Å². The summed E-state index contributed by atoms with van der Waals surface area (Å²) in [6, 6.07) is 3.69. The Morgan fingerprint density at radius 3 is 2.95 bits per heavy atom. The van der Waals surface area contributed by atoms with E-state index in [1.165, 1.54) is 25.9 Å². The second kappa shape index (κ2) is 5.97. The van der Waals surface area contributed by atoms with Crippen molar-refractivity contribution in [1.82, 2.24) is 19.5 Å². The molecule has 20 heavy (non-hydrogen) atoms. The Kier molecular flexibility index (Phi) is 4.08. The fourth-order valence-electron chi connectivity index (χ4n) is 2.67. The van der Waals surface area contributed by atoms with Gasteiger partial charge in [0.25, 0.3) is 0 Å². The zero-order valence-electron chi connectivity index (χ0n) is 11.7. The number of likely N-dealkylation sites (tertiary alicyclic amines) is 1. The van der Waals surface area contributed by atoms with Gasteiger partial charge >= 0.3 is 0 Å². The summed E-state index contributed by atoms with van der Waals surface area (Å²) in [5, 5.41) is 8.35. The first-order chi connectivity index (χ1) is 9.70. The maximum absolute atomic E-state index is 5.94. The first-order valence-electron chi connectivity index (χ1n) is 7.19. The van der Waals surface area contributed by atoms with Crippen LogP contribution in [-0.4, -0.2) is 45.7 Å². The Hall–Kier alpha value is -1.33. The highest BCUT2D eigenvalue weighted by Crippen LogP contribution is 2.13. The van der Waals surface area contributed by atoms with Crippen molar-refractivity contribution in [1.29, 1.82) is 0 Å². The van der Waals surface area contributed by atoms with Crippen LogP contribution in [0.5, 0.6) is 0 Å². The number of halogens is 1. The van der Waals surface area contributed by atoms with Crippen molar-refractivity contribution in [2.75, 3.05) is 31.5 Å². The lowest BCUT2D eigenvalue weighted by Gasteiger charge is -2.20. The summed E-state index contributed by atoms with van der Waals surface area (Å²) in [6.45, 7) is 6.79. The minimum Gasteiger partial charge on any atom is -0.353 e. The quantitative estimate of drug-likeness (QED) is 0.920. The maximum atomic E-state index is 5.94. The number of rotatable bonds is 5. The average molecular weight is 294 g/mol. The van der Waals surface area contributed by atoms with E-state index in [2.05, 4.69) is 27.2 Å². The van der Waals surface area contributed by atoms with Crippen molar-refractivity contribution in [3.63, 3.8) is 0 Å². The van der Waals surface area contributed by atoms with Crippen LogP contribution in [0.15, 0.2) is 18.3 Å². The average Bonchev–Trinajstić information content (AvgIpc) is 3.04. The van der Waals surface area contributed by atoms with Gasteiger partial charge in [0.15, 0.2) is 5.65 Å². The number of nitrogens with zero attached hydrogens (tertiary/aromatic N) is 4. The topological polar surface area (TPSA) is 45.5 Å². The first-order valence-corrected chi connectivity index (χ1v) is 7.57. The normalized spacial score (nSPS) is 17.7. The zero-order valence-corrected chi connectivity index (χ0v) is 12.5. The van der Waals surface area contributed by atoms with E-state index in [0.717, 1.165) is 18.7 Å². The summed E-state index contributed by atoms with van der Waals surface area (Å²) in [4.78, 5) is 6.96. The molecular formula is C14H20ClN5. The number of pyridine rings is 1. The Morgan fingerprint density at radius 2 is 2.15 bits per heavy atom. The third-order valence-electron chi connectivity index (χ3n) is 3.67. The molecule has 6 heteroatoms. The Labute approximate surface area is 123 Å². The molecule has 1 aliphatic heterocycles. The van der Waals surface area contributed by atoms with Crippen LogP contribution in [0, 0.1) is 5.92 Å². The molecule has 1 unspecified atom stereocenters. The number of hydrogen-bond acceptors (Lipinski definition) is 4. The molecular weight excluding hydrogens is 274 g/mol. The number of anilines is 1. The van der Waals surface area contributed by atoms with Crippen LogP contribution in [0.3, 0.4) is 0 Å². The van der Waals surface area contributed by atoms with E-state index in [0.29, 0.717) is 16.9 Å². The molecule has 0 spiro atoms. The lowest BCUT2D eigenvalue weighted by atomic mass is 10.1. The highest BCUT2D eigenvalue weighted by atomic mass is 35.5. The highest BCUT2D eigenvalue weighted by molar-refractivity contribution is 6.30. The lowest BCUT2D eigenvalue weighted by Crippen LogP contribution is -2.29.